The van der Waals surface area contributed by atoms with Crippen LogP contribution in [0, 0.1) is 5.92 Å². The summed E-state index contributed by atoms with van der Waals surface area (Å²) in [5.74, 6) is -2.03. The zero-order chi connectivity index (χ0) is 20.7. The van der Waals surface area contributed by atoms with E-state index in [1.54, 1.807) is 24.0 Å². The van der Waals surface area contributed by atoms with Crippen LogP contribution in [0.25, 0.3) is 0 Å². The van der Waals surface area contributed by atoms with Crippen LogP contribution in [-0.2, 0) is 9.59 Å². The van der Waals surface area contributed by atoms with Gasteiger partial charge in [-0.1, -0.05) is 36.9 Å². The van der Waals surface area contributed by atoms with Crippen molar-refractivity contribution in [1.82, 2.24) is 9.80 Å². The van der Waals surface area contributed by atoms with Gasteiger partial charge in [0.1, 0.15) is 5.37 Å². The smallest absolute Gasteiger partial charge is 0.354 e. The van der Waals surface area contributed by atoms with Gasteiger partial charge in [0, 0.05) is 23.9 Å². The van der Waals surface area contributed by atoms with Gasteiger partial charge < -0.3 is 15.1 Å². The molecular formula is C20H22N2O5S2. The Morgan fingerprint density at radius 3 is 2.69 bits per heavy atom. The van der Waals surface area contributed by atoms with E-state index in [2.05, 4.69) is 0 Å². The number of hydrogen-bond donors (Lipinski definition) is 2. The molecule has 2 saturated heterocycles. The molecule has 0 aromatic heterocycles. The molecule has 0 bridgehead atoms. The number of benzene rings is 1. The molecule has 2 fully saturated rings. The summed E-state index contributed by atoms with van der Waals surface area (Å²) in [7, 11) is 0. The monoisotopic (exact) mass is 434 g/mol. The number of likely N-dealkylation sites (tertiary alicyclic amines) is 1. The average Bonchev–Trinajstić information content (AvgIpc) is 3.31. The van der Waals surface area contributed by atoms with Gasteiger partial charge in [-0.3, -0.25) is 14.5 Å². The number of thioether (sulfide) groups is 2. The van der Waals surface area contributed by atoms with Crippen molar-refractivity contribution in [2.45, 2.75) is 36.5 Å². The van der Waals surface area contributed by atoms with Crippen molar-refractivity contribution in [2.75, 3.05) is 13.1 Å². The Bertz CT molecular complexity index is 875. The van der Waals surface area contributed by atoms with Crippen LogP contribution in [0.5, 0.6) is 0 Å². The van der Waals surface area contributed by atoms with Gasteiger partial charge in [0.25, 0.3) is 5.91 Å². The highest BCUT2D eigenvalue weighted by Crippen LogP contribution is 2.55. The first kappa shape index (κ1) is 20.3. The number of carbonyl (C=O) groups is 3. The van der Waals surface area contributed by atoms with Crippen LogP contribution in [0.1, 0.15) is 30.1 Å². The standard InChI is InChI=1S/C20H22N2O5S2/c1-2-13(23)14-17(25)22-15(19(26)27)20(29-18(14)22)28-12-8-9-21(10-12)16(24)11-6-4-3-5-7-11/h3-7,12-14,18,23H,2,8-10H2,1H3,(H,26,27)/t12?,13-,14+,18+/m0/s1. The van der Waals surface area contributed by atoms with E-state index >= 15 is 0 Å². The lowest BCUT2D eigenvalue weighted by Gasteiger charge is -2.44. The van der Waals surface area contributed by atoms with E-state index in [1.165, 1.54) is 28.4 Å². The number of aliphatic carboxylic acids is 1. The van der Waals surface area contributed by atoms with Crippen LogP contribution < -0.4 is 0 Å². The number of carboxylic acid groups (broad SMARTS) is 1. The summed E-state index contributed by atoms with van der Waals surface area (Å²) >= 11 is 2.78. The van der Waals surface area contributed by atoms with E-state index in [0.29, 0.717) is 29.3 Å². The molecule has 1 aromatic carbocycles. The number of hydrogen-bond acceptors (Lipinski definition) is 6. The van der Waals surface area contributed by atoms with E-state index in [4.69, 9.17) is 0 Å². The number of amides is 2. The summed E-state index contributed by atoms with van der Waals surface area (Å²) in [6, 6.07) is 9.10. The van der Waals surface area contributed by atoms with Gasteiger partial charge in [0.15, 0.2) is 5.70 Å². The average molecular weight is 435 g/mol. The Kier molecular flexibility index (Phi) is 5.63. The maximum Gasteiger partial charge on any atom is 0.354 e. The van der Waals surface area contributed by atoms with Crippen LogP contribution in [-0.4, -0.2) is 67.6 Å². The van der Waals surface area contributed by atoms with Crippen molar-refractivity contribution in [3.8, 4) is 0 Å². The lowest BCUT2D eigenvalue weighted by Crippen LogP contribution is -2.61. The second-order valence-corrected chi connectivity index (χ2v) is 10.0. The van der Waals surface area contributed by atoms with Crippen molar-refractivity contribution in [1.29, 1.82) is 0 Å². The van der Waals surface area contributed by atoms with Gasteiger partial charge in [-0.25, -0.2) is 4.79 Å². The second-order valence-electron chi connectivity index (χ2n) is 7.30. The predicted molar refractivity (Wildman–Crippen MR) is 111 cm³/mol. The van der Waals surface area contributed by atoms with Crippen LogP contribution in [0.3, 0.4) is 0 Å². The number of β-lactam (4-membered cyclic amide) rings is 1. The number of carboxylic acids is 1. The molecule has 2 N–H and O–H groups in total. The lowest BCUT2D eigenvalue weighted by atomic mass is 9.90. The molecule has 0 aliphatic carbocycles. The summed E-state index contributed by atoms with van der Waals surface area (Å²) < 4.78 is 0.598. The first-order chi connectivity index (χ1) is 13.9. The Morgan fingerprint density at radius 2 is 2.03 bits per heavy atom. The Labute approximate surface area is 177 Å². The van der Waals surface area contributed by atoms with Crippen molar-refractivity contribution < 1.29 is 24.6 Å². The largest absolute Gasteiger partial charge is 0.477 e. The molecule has 0 spiro atoms. The minimum absolute atomic E-state index is 0.0161. The maximum absolute atomic E-state index is 12.6. The van der Waals surface area contributed by atoms with Crippen molar-refractivity contribution >= 4 is 41.3 Å². The highest BCUT2D eigenvalue weighted by Gasteiger charge is 2.58. The molecule has 4 rings (SSSR count). The highest BCUT2D eigenvalue weighted by atomic mass is 32.2. The number of nitrogens with zero attached hydrogens (tertiary/aromatic N) is 2. The van der Waals surface area contributed by atoms with Gasteiger partial charge in [-0.15, -0.1) is 11.8 Å². The summed E-state index contributed by atoms with van der Waals surface area (Å²) in [5, 5.41) is 19.5. The summed E-state index contributed by atoms with van der Waals surface area (Å²) in [6.45, 7) is 2.96. The Hall–Kier alpha value is -1.97. The highest BCUT2D eigenvalue weighted by molar-refractivity contribution is 8.23. The van der Waals surface area contributed by atoms with Gasteiger partial charge in [-0.2, -0.15) is 0 Å². The summed E-state index contributed by atoms with van der Waals surface area (Å²) in [5.41, 5.74) is 0.660. The molecule has 1 aromatic rings. The van der Waals surface area contributed by atoms with E-state index in [9.17, 15) is 24.6 Å². The zero-order valence-electron chi connectivity index (χ0n) is 15.9. The fraction of sp³-hybridized carbons (Fsp3) is 0.450. The van der Waals surface area contributed by atoms with Gasteiger partial charge in [0.2, 0.25) is 5.91 Å². The lowest BCUT2D eigenvalue weighted by molar-refractivity contribution is -0.157. The molecular weight excluding hydrogens is 412 g/mol. The SMILES string of the molecule is CC[C@H](O)[C@@H]1C(=O)N2C(C(=O)O)=C(SC3CCN(C(=O)c4ccccc4)C3)S[C@H]12. The number of carbonyl (C=O) groups excluding carboxylic acids is 2. The second kappa shape index (κ2) is 8.04. The minimum Gasteiger partial charge on any atom is -0.477 e. The quantitative estimate of drug-likeness (QED) is 0.662. The normalized spacial score (nSPS) is 27.1. The Balaban J connectivity index is 1.45. The molecule has 4 atom stereocenters. The van der Waals surface area contributed by atoms with Crippen LogP contribution in [0.2, 0.25) is 0 Å². The molecule has 7 nitrogen and oxygen atoms in total. The maximum atomic E-state index is 12.6. The predicted octanol–water partition coefficient (Wildman–Crippen LogP) is 2.19. The van der Waals surface area contributed by atoms with Gasteiger partial charge in [0.05, 0.1) is 16.3 Å². The number of rotatable bonds is 6. The molecule has 29 heavy (non-hydrogen) atoms. The van der Waals surface area contributed by atoms with Gasteiger partial charge >= 0.3 is 5.97 Å². The summed E-state index contributed by atoms with van der Waals surface area (Å²) in [6.07, 6.45) is 0.451. The molecule has 0 radical (unpaired) electrons. The molecule has 0 saturated carbocycles. The van der Waals surface area contributed by atoms with E-state index < -0.39 is 18.0 Å². The fourth-order valence-electron chi connectivity index (χ4n) is 3.92. The third-order valence-corrected chi connectivity index (χ3v) is 8.36. The molecule has 3 aliphatic rings. The minimum atomic E-state index is -1.13. The number of aliphatic hydroxyl groups is 1. The van der Waals surface area contributed by atoms with E-state index in [-0.39, 0.29) is 28.1 Å². The molecule has 3 aliphatic heterocycles. The number of aliphatic hydroxyl groups excluding tert-OH is 1. The van der Waals surface area contributed by atoms with E-state index in [0.717, 1.165) is 6.42 Å². The zero-order valence-corrected chi connectivity index (χ0v) is 17.5. The topological polar surface area (TPSA) is 98.2 Å². The molecule has 9 heteroatoms. The van der Waals surface area contributed by atoms with Crippen LogP contribution >= 0.6 is 23.5 Å². The van der Waals surface area contributed by atoms with Crippen LogP contribution in [0.15, 0.2) is 40.3 Å². The first-order valence-electron chi connectivity index (χ1n) is 9.58. The molecule has 1 unspecified atom stereocenters. The molecule has 2 amide bonds. The fourth-order valence-corrected chi connectivity index (χ4v) is 7.20. The van der Waals surface area contributed by atoms with E-state index in [1.807, 2.05) is 18.2 Å². The first-order valence-corrected chi connectivity index (χ1v) is 11.3. The van der Waals surface area contributed by atoms with Crippen molar-refractivity contribution in [3.05, 3.63) is 45.8 Å². The van der Waals surface area contributed by atoms with Crippen LogP contribution in [0.4, 0.5) is 0 Å². The van der Waals surface area contributed by atoms with Gasteiger partial charge in [-0.05, 0) is 25.0 Å². The number of fused-ring (bicyclic) bond motifs is 1. The third-order valence-electron chi connectivity index (χ3n) is 5.51. The molecule has 3 heterocycles. The Morgan fingerprint density at radius 1 is 1.31 bits per heavy atom. The molecule has 154 valence electrons. The summed E-state index contributed by atoms with van der Waals surface area (Å²) in [4.78, 5) is 40.0. The third kappa shape index (κ3) is 3.55. The van der Waals surface area contributed by atoms with Crippen molar-refractivity contribution in [2.24, 2.45) is 5.92 Å². The van der Waals surface area contributed by atoms with Crippen molar-refractivity contribution in [3.63, 3.8) is 0 Å².